The minimum absolute atomic E-state index is 0.0603. The van der Waals surface area contributed by atoms with Crippen LogP contribution in [0.4, 0.5) is 22.7 Å². The molecule has 5 heterocycles. The Labute approximate surface area is 378 Å². The van der Waals surface area contributed by atoms with E-state index in [1.54, 1.807) is 0 Å². The first-order valence-corrected chi connectivity index (χ1v) is 30.7. The molecule has 1 aromatic heterocycles. The molecule has 0 saturated carbocycles. The number of hydrogen-bond acceptors (Lipinski definition) is 5. The molecule has 0 radical (unpaired) electrons. The third-order valence-electron chi connectivity index (χ3n) is 13.2. The molecule has 4 aliphatic rings. The average molecular weight is 905 g/mol. The van der Waals surface area contributed by atoms with Gasteiger partial charge in [0.15, 0.2) is 5.08 Å². The highest BCUT2D eigenvalue weighted by molar-refractivity contribution is 8.85. The predicted octanol–water partition coefficient (Wildman–Crippen LogP) is 18.9. The van der Waals surface area contributed by atoms with Gasteiger partial charge in [0.25, 0.3) is 8.45 Å². The highest BCUT2D eigenvalue weighted by Crippen LogP contribution is 3.21. The number of fused-ring (bicyclic) bond motifs is 1. The molecule has 0 spiro atoms. The number of para-hydroxylation sites is 4. The largest absolute Gasteiger partial charge is 0.309 e. The minimum Gasteiger partial charge on any atom is -0.309 e. The molecule has 9 heteroatoms. The van der Waals surface area contributed by atoms with Gasteiger partial charge in [-0.2, -0.15) is 0 Å². The molecule has 9 rings (SSSR count). The lowest BCUT2D eigenvalue weighted by Crippen LogP contribution is -2.37. The van der Waals surface area contributed by atoms with Gasteiger partial charge in [-0.25, -0.2) is 0 Å². The van der Waals surface area contributed by atoms with E-state index in [-0.39, 0.29) is 31.9 Å². The van der Waals surface area contributed by atoms with Gasteiger partial charge in [-0.05, 0) is 106 Å². The molecule has 5 nitrogen and oxygen atoms in total. The zero-order chi connectivity index (χ0) is 44.7. The minimum atomic E-state index is -1.33. The third kappa shape index (κ3) is 7.53. The Morgan fingerprint density at radius 2 is 0.774 bits per heavy atom. The molecule has 330 valence electrons. The summed E-state index contributed by atoms with van der Waals surface area (Å²) < 4.78 is 16.5. The van der Waals surface area contributed by atoms with Crippen molar-refractivity contribution < 1.29 is 4.52 Å². The maximum atomic E-state index is 8.34. The molecule has 62 heavy (non-hydrogen) atoms. The van der Waals surface area contributed by atoms with Gasteiger partial charge in [0.05, 0.1) is 22.7 Å². The van der Waals surface area contributed by atoms with Gasteiger partial charge in [-0.15, -0.1) is 0 Å². The van der Waals surface area contributed by atoms with Gasteiger partial charge in [-0.3, -0.25) is 18.9 Å². The van der Waals surface area contributed by atoms with E-state index in [1.165, 1.54) is 61.6 Å². The van der Waals surface area contributed by atoms with E-state index in [9.17, 15) is 0 Å². The third-order valence-corrected chi connectivity index (χ3v) is 34.1. The summed E-state index contributed by atoms with van der Waals surface area (Å²) in [6.45, 7) is 37.0. The quantitative estimate of drug-likeness (QED) is 0.0774. The lowest BCUT2D eigenvalue weighted by molar-refractivity contribution is 0.248. The number of aliphatic imine (C=N–C) groups is 1. The maximum Gasteiger partial charge on any atom is 0.259 e. The number of hydrogen-bond donors (Lipinski definition) is 0. The zero-order valence-corrected chi connectivity index (χ0v) is 43.9. The number of nitrogens with zero attached hydrogens (tertiary/aromatic N) is 4. The van der Waals surface area contributed by atoms with Crippen LogP contribution in [0.25, 0.3) is 0 Å². The molecule has 0 amide bonds. The first-order chi connectivity index (χ1) is 29.4. The van der Waals surface area contributed by atoms with E-state index in [1.807, 2.05) is 0 Å². The van der Waals surface area contributed by atoms with Gasteiger partial charge in [0.2, 0.25) is 0 Å². The summed E-state index contributed by atoms with van der Waals surface area (Å²) in [5, 5.41) is -0.216. The van der Waals surface area contributed by atoms with Crippen LogP contribution in [-0.2, 0) is 9.61 Å². The molecular weight excluding hydrogens is 833 g/mol. The second kappa shape index (κ2) is 17.4. The van der Waals surface area contributed by atoms with Gasteiger partial charge in [0.1, 0.15) is 6.04 Å². The first-order valence-electron chi connectivity index (χ1n) is 23.4. The Morgan fingerprint density at radius 3 is 1.10 bits per heavy atom. The van der Waals surface area contributed by atoms with Crippen molar-refractivity contribution in [1.82, 2.24) is 0 Å². The molecule has 3 atom stereocenters. The topological polar surface area (TPSA) is 31.3 Å². The summed E-state index contributed by atoms with van der Waals surface area (Å²) in [4.78, 5) is 5.72. The molecule has 0 aliphatic carbocycles. The maximum absolute atomic E-state index is 8.34. The van der Waals surface area contributed by atoms with Crippen LogP contribution in [0.1, 0.15) is 203 Å². The molecule has 0 N–H and O–H groups in total. The van der Waals surface area contributed by atoms with E-state index in [0.717, 1.165) is 5.69 Å². The van der Waals surface area contributed by atoms with Gasteiger partial charge < -0.3 is 4.67 Å². The van der Waals surface area contributed by atoms with Crippen molar-refractivity contribution >= 4 is 58.2 Å². The van der Waals surface area contributed by atoms with E-state index >= 15 is 0 Å². The average Bonchev–Trinajstić information content (AvgIpc) is 3.99. The molecule has 0 fully saturated rings. The smallest absolute Gasteiger partial charge is 0.259 e. The van der Waals surface area contributed by atoms with Crippen LogP contribution in [0.15, 0.2) is 90.2 Å². The monoisotopic (exact) mass is 904 g/mol. The molecule has 4 aromatic carbocycles. The number of anilines is 3. The molecule has 0 saturated heterocycles. The normalized spacial score (nSPS) is 19.7. The second-order valence-electron chi connectivity index (χ2n) is 20.3. The zero-order valence-electron chi connectivity index (χ0n) is 40.3. The van der Waals surface area contributed by atoms with Gasteiger partial charge >= 0.3 is 0 Å². The van der Waals surface area contributed by atoms with Crippen molar-refractivity contribution in [2.75, 3.05) is 14.0 Å². The van der Waals surface area contributed by atoms with Gasteiger partial charge in [0, 0.05) is 25.7 Å². The molecule has 2 unspecified atom stereocenters. The SMILES string of the molecule is CC(C)c1cccc(C(C)C)c1N=C[C@@H]1N(c2c(C(C)C)cccc2C(C)C)p2p3p2C13OP1N(c2c(C(C)C)cccc2C(C)C)C=CN1c1c(C(C)C)cccc1C(C)C. The summed E-state index contributed by atoms with van der Waals surface area (Å²) in [6, 6.07) is 28.0. The summed E-state index contributed by atoms with van der Waals surface area (Å²) >= 11 is 0. The summed E-state index contributed by atoms with van der Waals surface area (Å²) in [5.74, 6) is 3.04. The summed E-state index contributed by atoms with van der Waals surface area (Å²) in [6.07, 6.45) is 7.16. The van der Waals surface area contributed by atoms with Crippen molar-refractivity contribution in [3.63, 3.8) is 0 Å². The first kappa shape index (κ1) is 45.5. The van der Waals surface area contributed by atoms with Crippen molar-refractivity contribution in [3.05, 3.63) is 130 Å². The van der Waals surface area contributed by atoms with Crippen molar-refractivity contribution in [1.29, 1.82) is 0 Å². The van der Waals surface area contributed by atoms with E-state index in [0.29, 0.717) is 47.3 Å². The van der Waals surface area contributed by atoms with Crippen molar-refractivity contribution in [2.24, 2.45) is 4.99 Å². The summed E-state index contributed by atoms with van der Waals surface area (Å²) in [7, 11) is -1.62. The Hall–Kier alpha value is -3.02. The number of rotatable bonds is 15. The molecule has 5 aromatic rings. The Kier molecular flexibility index (Phi) is 12.8. The fraction of sp³-hybridized carbons (Fsp3) is 0.491. The highest BCUT2D eigenvalue weighted by atomic mass is 32.7. The second-order valence-corrected chi connectivity index (χ2v) is 35.6. The van der Waals surface area contributed by atoms with Crippen molar-refractivity contribution in [3.8, 4) is 0 Å². The highest BCUT2D eigenvalue weighted by Gasteiger charge is 2.80. The van der Waals surface area contributed by atoms with Crippen LogP contribution in [0, 0.1) is 0 Å². The van der Waals surface area contributed by atoms with Crippen molar-refractivity contribution in [2.45, 2.75) is 169 Å². The Balaban J connectivity index is 1.35. The van der Waals surface area contributed by atoms with Crippen LogP contribution in [-0.4, -0.2) is 12.3 Å². The van der Waals surface area contributed by atoms with Crippen LogP contribution < -0.4 is 14.0 Å². The van der Waals surface area contributed by atoms with E-state index in [4.69, 9.17) is 9.52 Å². The predicted molar refractivity (Wildman–Crippen MR) is 278 cm³/mol. The molecule has 2 bridgehead atoms. The van der Waals surface area contributed by atoms with E-state index in [2.05, 4.69) is 216 Å². The number of benzene rings is 4. The fourth-order valence-electron chi connectivity index (χ4n) is 9.75. The Morgan fingerprint density at radius 1 is 0.468 bits per heavy atom. The standard InChI is InChI=1S/C53H72N4OP4/c1-32(2)40-21-17-22-41(33(3)4)49(40)54-31-48-53(59-60(53)62(59)57(48)52-46(38(13)14)27-20-28-47(52)39(15)16)58-61-55(50-42(34(5)6)23-18-24-43(50)35(7)8)29-30-56(61)51-44(36(9)10)25-19-26-45(51)37(11)12/h17-39,48H,1-16H3/t48-,53?,59?,60?,62?/m0/s1. The fourth-order valence-corrected chi connectivity index (χ4v) is 38.2. The Bertz CT molecular complexity index is 2300. The lowest BCUT2D eigenvalue weighted by atomic mass is 9.92. The van der Waals surface area contributed by atoms with Crippen LogP contribution in [0.5, 0.6) is 0 Å². The van der Waals surface area contributed by atoms with Crippen LogP contribution >= 0.6 is 29.3 Å². The molecular formula is C53H72N4OP4. The van der Waals surface area contributed by atoms with Crippen LogP contribution in [0.3, 0.4) is 0 Å². The lowest BCUT2D eigenvalue weighted by Gasteiger charge is -2.39. The molecule has 4 aliphatic heterocycles. The van der Waals surface area contributed by atoms with Gasteiger partial charge in [-0.1, -0.05) is 184 Å². The van der Waals surface area contributed by atoms with Crippen LogP contribution in [0.2, 0.25) is 0 Å². The summed E-state index contributed by atoms with van der Waals surface area (Å²) in [5.41, 5.74) is 16.5. The van der Waals surface area contributed by atoms with E-state index < -0.39 is 8.45 Å².